The van der Waals surface area contributed by atoms with Gasteiger partial charge in [-0.2, -0.15) is 0 Å². The van der Waals surface area contributed by atoms with Crippen molar-refractivity contribution in [3.8, 4) is 17.1 Å². The fourth-order valence-corrected chi connectivity index (χ4v) is 3.34. The Labute approximate surface area is 139 Å². The maximum atomic E-state index is 4.92. The van der Waals surface area contributed by atoms with Crippen LogP contribution in [0.4, 0.5) is 0 Å². The Morgan fingerprint density at radius 3 is 2.14 bits per heavy atom. The van der Waals surface area contributed by atoms with Gasteiger partial charge >= 0.3 is 139 Å². The van der Waals surface area contributed by atoms with Gasteiger partial charge in [-0.1, -0.05) is 0 Å². The van der Waals surface area contributed by atoms with Gasteiger partial charge in [0.15, 0.2) is 0 Å². The average molecular weight is 462 g/mol. The topological polar surface area (TPSA) is 17.8 Å². The van der Waals surface area contributed by atoms with Crippen LogP contribution in [0.1, 0.15) is 0 Å². The van der Waals surface area contributed by atoms with Crippen molar-refractivity contribution in [1.29, 1.82) is 0 Å². The molecule has 0 bridgehead atoms. The van der Waals surface area contributed by atoms with E-state index >= 15 is 0 Å². The van der Waals surface area contributed by atoms with Gasteiger partial charge in [-0.3, -0.25) is 0 Å². The first-order valence-corrected chi connectivity index (χ1v) is 8.30. The van der Waals surface area contributed by atoms with Crippen LogP contribution in [0.2, 0.25) is 0 Å². The van der Waals surface area contributed by atoms with E-state index in [4.69, 9.17) is 4.98 Å². The van der Waals surface area contributed by atoms with Crippen LogP contribution in [0.5, 0.6) is 0 Å². The van der Waals surface area contributed by atoms with Gasteiger partial charge in [-0.15, -0.1) is 0 Å². The number of hydrogen-bond acceptors (Lipinski definition) is 1. The summed E-state index contributed by atoms with van der Waals surface area (Å²) in [6, 6.07) is 27.1. The normalized spacial score (nSPS) is 11.0. The fraction of sp³-hybridized carbons (Fsp3) is 0. The first-order chi connectivity index (χ1) is 10.8. The molecule has 0 aliphatic rings. The molecule has 3 heteroatoms. The summed E-state index contributed by atoms with van der Waals surface area (Å²) in [6.45, 7) is 0. The third kappa shape index (κ3) is 2.19. The van der Waals surface area contributed by atoms with Crippen molar-refractivity contribution in [3.05, 3.63) is 78.9 Å². The summed E-state index contributed by atoms with van der Waals surface area (Å²) < 4.78 is 3.43. The monoisotopic (exact) mass is 462 g/mol. The van der Waals surface area contributed by atoms with Crippen LogP contribution in [-0.4, -0.2) is 9.55 Å². The number of aromatic nitrogens is 2. The molecular formula is C19H13IrN2. The molecule has 0 fully saturated rings. The van der Waals surface area contributed by atoms with E-state index in [2.05, 4.69) is 90.2 Å². The quantitative estimate of drug-likeness (QED) is 0.443. The minimum absolute atomic E-state index is 0.983. The van der Waals surface area contributed by atoms with Gasteiger partial charge < -0.3 is 0 Å². The Bertz CT molecular complexity index is 928. The van der Waals surface area contributed by atoms with Crippen molar-refractivity contribution in [1.82, 2.24) is 9.55 Å². The van der Waals surface area contributed by atoms with Crippen LogP contribution < -0.4 is 4.08 Å². The molecule has 0 unspecified atom stereocenters. The Balaban J connectivity index is 2.10. The van der Waals surface area contributed by atoms with Crippen LogP contribution in [0.3, 0.4) is 0 Å². The third-order valence-electron chi connectivity index (χ3n) is 3.66. The van der Waals surface area contributed by atoms with E-state index in [1.165, 1.54) is 4.08 Å². The minimum atomic E-state index is 0.983. The average Bonchev–Trinajstić information content (AvgIpc) is 2.97. The van der Waals surface area contributed by atoms with E-state index in [1.807, 2.05) is 12.1 Å². The van der Waals surface area contributed by atoms with Gasteiger partial charge in [0.2, 0.25) is 0 Å². The first-order valence-electron chi connectivity index (χ1n) is 7.10. The number of hydrogen-bond donors (Lipinski definition) is 0. The van der Waals surface area contributed by atoms with E-state index in [1.54, 1.807) is 0 Å². The van der Waals surface area contributed by atoms with Crippen molar-refractivity contribution in [2.24, 2.45) is 0 Å². The molecule has 4 rings (SSSR count). The van der Waals surface area contributed by atoms with Gasteiger partial charge in [0, 0.05) is 0 Å². The molecule has 0 N–H and O–H groups in total. The second kappa shape index (κ2) is 5.52. The zero-order valence-electron chi connectivity index (χ0n) is 11.7. The molecule has 22 heavy (non-hydrogen) atoms. The molecule has 4 aromatic rings. The predicted octanol–water partition coefficient (Wildman–Crippen LogP) is 3.86. The second-order valence-electron chi connectivity index (χ2n) is 5.06. The molecule has 1 aromatic heterocycles. The zero-order chi connectivity index (χ0) is 14.9. The molecule has 0 aliphatic carbocycles. The number of imidazole rings is 1. The number of para-hydroxylation sites is 2. The Morgan fingerprint density at radius 2 is 1.41 bits per heavy atom. The summed E-state index contributed by atoms with van der Waals surface area (Å²) in [7, 11) is 0. The molecule has 0 aliphatic heterocycles. The van der Waals surface area contributed by atoms with E-state index in [0.717, 1.165) is 28.1 Å². The van der Waals surface area contributed by atoms with Gasteiger partial charge in [-0.05, 0) is 0 Å². The molecule has 0 amide bonds. The van der Waals surface area contributed by atoms with E-state index < -0.39 is 0 Å². The van der Waals surface area contributed by atoms with Crippen molar-refractivity contribution in [2.75, 3.05) is 0 Å². The van der Waals surface area contributed by atoms with Crippen molar-refractivity contribution >= 4 is 15.1 Å². The van der Waals surface area contributed by atoms with Crippen molar-refractivity contribution < 1.29 is 18.9 Å². The standard InChI is InChI=1S/C19H13N2.Ir/c1-3-9-15(10-4-1)19-20-17-13-7-8-14-18(17)21(19)16-11-5-2-6-12-16;/h1-12,14H;. The fourth-order valence-electron chi connectivity index (χ4n) is 2.67. The van der Waals surface area contributed by atoms with Crippen LogP contribution in [0.15, 0.2) is 78.9 Å². The first kappa shape index (κ1) is 13.4. The van der Waals surface area contributed by atoms with E-state index in [-0.39, 0.29) is 0 Å². The van der Waals surface area contributed by atoms with Gasteiger partial charge in [0.05, 0.1) is 0 Å². The number of nitrogens with zero attached hydrogens (tertiary/aromatic N) is 2. The molecule has 2 nitrogen and oxygen atoms in total. The third-order valence-corrected chi connectivity index (χ3v) is 4.63. The summed E-state index contributed by atoms with van der Waals surface area (Å²) in [5.41, 5.74) is 4.46. The molecule has 1 heterocycles. The van der Waals surface area contributed by atoms with Gasteiger partial charge in [0.25, 0.3) is 0 Å². The molecule has 0 saturated heterocycles. The van der Waals surface area contributed by atoms with E-state index in [9.17, 15) is 0 Å². The Kier molecular flexibility index (Phi) is 3.38. The zero-order valence-corrected chi connectivity index (χ0v) is 14.1. The molecule has 108 valence electrons. The van der Waals surface area contributed by atoms with Crippen LogP contribution in [0.25, 0.3) is 28.1 Å². The Morgan fingerprint density at radius 1 is 0.727 bits per heavy atom. The number of fused-ring (bicyclic) bond motifs is 1. The summed E-state index contributed by atoms with van der Waals surface area (Å²) in [5.74, 6) is 0.983. The summed E-state index contributed by atoms with van der Waals surface area (Å²) in [4.78, 5) is 4.92. The summed E-state index contributed by atoms with van der Waals surface area (Å²) in [5, 5.41) is 0. The molecule has 0 atom stereocenters. The number of rotatable bonds is 2. The summed E-state index contributed by atoms with van der Waals surface area (Å²) >= 11 is 2.11. The molecule has 0 radical (unpaired) electrons. The second-order valence-corrected chi connectivity index (χ2v) is 6.35. The predicted molar refractivity (Wildman–Crippen MR) is 86.1 cm³/mol. The Hall–Kier alpha value is -2.22. The SMILES string of the molecule is [Ir][c]1cccc2c1nc(-c1ccccc1)n2-c1ccccc1. The summed E-state index contributed by atoms with van der Waals surface area (Å²) in [6.07, 6.45) is 0. The van der Waals surface area contributed by atoms with E-state index in [0.29, 0.717) is 0 Å². The van der Waals surface area contributed by atoms with Crippen molar-refractivity contribution in [2.45, 2.75) is 0 Å². The maximum absolute atomic E-state index is 4.92. The van der Waals surface area contributed by atoms with Crippen LogP contribution in [0, 0.1) is 0 Å². The van der Waals surface area contributed by atoms with Gasteiger partial charge in [-0.25, -0.2) is 0 Å². The molecule has 0 saturated carbocycles. The molecule has 3 aromatic carbocycles. The van der Waals surface area contributed by atoms with Crippen molar-refractivity contribution in [3.63, 3.8) is 0 Å². The molecular weight excluding hydrogens is 448 g/mol. The van der Waals surface area contributed by atoms with Gasteiger partial charge in [0.1, 0.15) is 0 Å². The molecule has 0 spiro atoms. The van der Waals surface area contributed by atoms with Crippen LogP contribution >= 0.6 is 0 Å². The van der Waals surface area contributed by atoms with Crippen LogP contribution in [-0.2, 0) is 18.9 Å². The number of benzene rings is 3.